The van der Waals surface area contributed by atoms with Gasteiger partial charge in [-0.05, 0) is 33.1 Å². The van der Waals surface area contributed by atoms with Gasteiger partial charge in [-0.1, -0.05) is 0 Å². The number of carbonyl (C=O) groups excluding carboxylic acids is 2. The maximum absolute atomic E-state index is 11.0. The topological polar surface area (TPSA) is 43.4 Å². The molecule has 15 heavy (non-hydrogen) atoms. The second kappa shape index (κ2) is 6.67. The second-order valence-electron chi connectivity index (χ2n) is 3.81. The number of carbonyl (C=O) groups is 2. The summed E-state index contributed by atoms with van der Waals surface area (Å²) in [5.74, 6) is -0.194. The summed E-state index contributed by atoms with van der Waals surface area (Å²) in [5, 5.41) is 1.68. The van der Waals surface area contributed by atoms with Crippen LogP contribution in [-0.2, 0) is 14.3 Å². The van der Waals surface area contributed by atoms with Gasteiger partial charge in [0.25, 0.3) is 0 Å². The third-order valence-electron chi connectivity index (χ3n) is 1.55. The first-order valence-corrected chi connectivity index (χ1v) is 5.76. The van der Waals surface area contributed by atoms with Crippen LogP contribution in [0.25, 0.3) is 0 Å². The molecule has 3 nitrogen and oxygen atoms in total. The maximum Gasteiger partial charge on any atom is 0.331 e. The van der Waals surface area contributed by atoms with Gasteiger partial charge in [0.1, 0.15) is 5.78 Å². The molecule has 0 radical (unpaired) electrons. The monoisotopic (exact) mass is 230 g/mol. The smallest absolute Gasteiger partial charge is 0.331 e. The van der Waals surface area contributed by atoms with E-state index < -0.39 is 0 Å². The lowest BCUT2D eigenvalue weighted by atomic mass is 10.1. The quantitative estimate of drug-likeness (QED) is 0.519. The SMILES string of the molecule is CCOC(=O)/C=C/SC(C)(C)CC(C)=O. The van der Waals surface area contributed by atoms with Gasteiger partial charge in [0.05, 0.1) is 6.61 Å². The number of rotatable bonds is 6. The highest BCUT2D eigenvalue weighted by Crippen LogP contribution is 2.29. The Kier molecular flexibility index (Phi) is 6.32. The predicted molar refractivity (Wildman–Crippen MR) is 62.7 cm³/mol. The van der Waals surface area contributed by atoms with Crippen molar-refractivity contribution in [1.82, 2.24) is 0 Å². The lowest BCUT2D eigenvalue weighted by Gasteiger charge is -2.19. The Morgan fingerprint density at radius 3 is 2.47 bits per heavy atom. The van der Waals surface area contributed by atoms with E-state index in [1.165, 1.54) is 17.8 Å². The van der Waals surface area contributed by atoms with E-state index in [1.807, 2.05) is 13.8 Å². The molecule has 0 rings (SSSR count). The molecule has 0 fully saturated rings. The Morgan fingerprint density at radius 2 is 2.00 bits per heavy atom. The van der Waals surface area contributed by atoms with Crippen LogP contribution in [0.4, 0.5) is 0 Å². The minimum atomic E-state index is -0.344. The normalized spacial score (nSPS) is 11.7. The van der Waals surface area contributed by atoms with Crippen molar-refractivity contribution in [2.45, 2.75) is 38.9 Å². The van der Waals surface area contributed by atoms with Gasteiger partial charge in [0, 0.05) is 17.2 Å². The molecule has 0 aliphatic heterocycles. The zero-order valence-corrected chi connectivity index (χ0v) is 10.5. The summed E-state index contributed by atoms with van der Waals surface area (Å²) in [6.07, 6.45) is 1.88. The summed E-state index contributed by atoms with van der Waals surface area (Å²) >= 11 is 1.46. The summed E-state index contributed by atoms with van der Waals surface area (Å²) in [7, 11) is 0. The number of ether oxygens (including phenoxy) is 1. The summed E-state index contributed by atoms with van der Waals surface area (Å²) in [4.78, 5) is 21.9. The molecule has 86 valence electrons. The van der Waals surface area contributed by atoms with Gasteiger partial charge >= 0.3 is 5.97 Å². The molecule has 0 heterocycles. The fourth-order valence-electron chi connectivity index (χ4n) is 1.11. The molecular formula is C11H18O3S. The van der Waals surface area contributed by atoms with Gasteiger partial charge in [0.15, 0.2) is 0 Å². The van der Waals surface area contributed by atoms with Gasteiger partial charge in [-0.3, -0.25) is 4.79 Å². The van der Waals surface area contributed by atoms with E-state index in [9.17, 15) is 9.59 Å². The standard InChI is InChI=1S/C11H18O3S/c1-5-14-10(13)6-7-15-11(3,4)8-9(2)12/h6-7H,5,8H2,1-4H3/b7-6+. The number of esters is 1. The summed E-state index contributed by atoms with van der Waals surface area (Å²) in [5.41, 5.74) is 0. The first-order valence-electron chi connectivity index (χ1n) is 4.88. The van der Waals surface area contributed by atoms with Crippen LogP contribution in [0.15, 0.2) is 11.5 Å². The van der Waals surface area contributed by atoms with E-state index in [4.69, 9.17) is 4.74 Å². The van der Waals surface area contributed by atoms with Crippen molar-refractivity contribution in [3.63, 3.8) is 0 Å². The minimum Gasteiger partial charge on any atom is -0.463 e. The summed E-state index contributed by atoms with van der Waals surface area (Å²) in [6, 6.07) is 0. The van der Waals surface area contributed by atoms with Gasteiger partial charge in [-0.25, -0.2) is 4.79 Å². The molecule has 0 aliphatic rings. The maximum atomic E-state index is 11.0. The highest BCUT2D eigenvalue weighted by molar-refractivity contribution is 8.03. The molecule has 0 aromatic rings. The van der Waals surface area contributed by atoms with Gasteiger partial charge in [-0.15, -0.1) is 11.8 Å². The Bertz CT molecular complexity index is 257. The molecule has 0 aromatic heterocycles. The Morgan fingerprint density at radius 1 is 1.40 bits per heavy atom. The minimum absolute atomic E-state index is 0.150. The largest absolute Gasteiger partial charge is 0.463 e. The highest BCUT2D eigenvalue weighted by Gasteiger charge is 2.19. The lowest BCUT2D eigenvalue weighted by Crippen LogP contribution is -2.17. The van der Waals surface area contributed by atoms with Crippen LogP contribution in [0, 0.1) is 0 Å². The number of thioether (sulfide) groups is 1. The molecule has 0 bridgehead atoms. The summed E-state index contributed by atoms with van der Waals surface area (Å²) in [6.45, 7) is 7.64. The molecular weight excluding hydrogens is 212 g/mol. The third kappa shape index (κ3) is 8.24. The zero-order valence-electron chi connectivity index (χ0n) is 9.70. The van der Waals surface area contributed by atoms with Crippen molar-refractivity contribution in [3.05, 3.63) is 11.5 Å². The van der Waals surface area contributed by atoms with Crippen LogP contribution in [0.2, 0.25) is 0 Å². The average molecular weight is 230 g/mol. The molecule has 0 unspecified atom stereocenters. The van der Waals surface area contributed by atoms with Crippen molar-refractivity contribution in [3.8, 4) is 0 Å². The molecule has 0 spiro atoms. The van der Waals surface area contributed by atoms with E-state index >= 15 is 0 Å². The molecule has 0 saturated carbocycles. The van der Waals surface area contributed by atoms with Crippen molar-refractivity contribution in [2.24, 2.45) is 0 Å². The van der Waals surface area contributed by atoms with Crippen molar-refractivity contribution >= 4 is 23.5 Å². The molecule has 0 saturated heterocycles. The second-order valence-corrected chi connectivity index (χ2v) is 5.42. The predicted octanol–water partition coefficient (Wildman–Crippen LogP) is 2.55. The Hall–Kier alpha value is -0.770. The van der Waals surface area contributed by atoms with Gasteiger partial charge < -0.3 is 4.74 Å². The lowest BCUT2D eigenvalue weighted by molar-refractivity contribution is -0.137. The molecule has 0 atom stereocenters. The Balaban J connectivity index is 4.02. The third-order valence-corrected chi connectivity index (χ3v) is 2.61. The number of hydrogen-bond donors (Lipinski definition) is 0. The van der Waals surface area contributed by atoms with Crippen molar-refractivity contribution in [1.29, 1.82) is 0 Å². The molecule has 0 aliphatic carbocycles. The molecule has 0 amide bonds. The average Bonchev–Trinajstić information content (AvgIpc) is 2.01. The highest BCUT2D eigenvalue weighted by atomic mass is 32.2. The van der Waals surface area contributed by atoms with E-state index in [0.717, 1.165) is 0 Å². The van der Waals surface area contributed by atoms with Crippen LogP contribution in [0.3, 0.4) is 0 Å². The number of Topliss-reactive ketones (excluding diaryl/α,β-unsaturated/α-hetero) is 1. The van der Waals surface area contributed by atoms with E-state index in [2.05, 4.69) is 0 Å². The van der Waals surface area contributed by atoms with Crippen LogP contribution < -0.4 is 0 Å². The molecule has 4 heteroatoms. The fraction of sp³-hybridized carbons (Fsp3) is 0.636. The van der Waals surface area contributed by atoms with Gasteiger partial charge in [0.2, 0.25) is 0 Å². The Labute approximate surface area is 95.3 Å². The van der Waals surface area contributed by atoms with E-state index in [1.54, 1.807) is 19.3 Å². The first kappa shape index (κ1) is 14.2. The fourth-order valence-corrected chi connectivity index (χ4v) is 1.94. The van der Waals surface area contributed by atoms with Crippen LogP contribution in [0.1, 0.15) is 34.1 Å². The van der Waals surface area contributed by atoms with Crippen molar-refractivity contribution in [2.75, 3.05) is 6.61 Å². The van der Waals surface area contributed by atoms with Crippen LogP contribution in [0.5, 0.6) is 0 Å². The van der Waals surface area contributed by atoms with E-state index in [0.29, 0.717) is 13.0 Å². The molecule has 0 aromatic carbocycles. The summed E-state index contributed by atoms with van der Waals surface area (Å²) < 4.78 is 4.56. The molecule has 0 N–H and O–H groups in total. The van der Waals surface area contributed by atoms with Gasteiger partial charge in [-0.2, -0.15) is 0 Å². The van der Waals surface area contributed by atoms with Crippen molar-refractivity contribution < 1.29 is 14.3 Å². The van der Waals surface area contributed by atoms with Crippen LogP contribution in [-0.4, -0.2) is 23.1 Å². The number of hydrogen-bond acceptors (Lipinski definition) is 4. The number of ketones is 1. The van der Waals surface area contributed by atoms with E-state index in [-0.39, 0.29) is 16.5 Å². The first-order chi connectivity index (χ1) is 6.87. The zero-order chi connectivity index (χ0) is 11.9. The van der Waals surface area contributed by atoms with Crippen LogP contribution >= 0.6 is 11.8 Å².